The van der Waals surface area contributed by atoms with Gasteiger partial charge in [-0.25, -0.2) is 9.97 Å². The minimum atomic E-state index is -0.534. The molecule has 43 rings (SSSR count). The summed E-state index contributed by atoms with van der Waals surface area (Å²) < 4.78 is 7.51. The van der Waals surface area contributed by atoms with Crippen molar-refractivity contribution in [2.24, 2.45) is 0 Å². The van der Waals surface area contributed by atoms with Crippen molar-refractivity contribution in [2.75, 3.05) is 19.7 Å². The van der Waals surface area contributed by atoms with Gasteiger partial charge in [-0.15, -0.1) is 0 Å². The third-order valence-corrected chi connectivity index (χ3v) is 35.5. The van der Waals surface area contributed by atoms with Gasteiger partial charge < -0.3 is 14.7 Å². The van der Waals surface area contributed by atoms with E-state index < -0.39 is 10.8 Å². The minimum absolute atomic E-state index is 0.0825. The molecule has 1 atom stereocenters. The summed E-state index contributed by atoms with van der Waals surface area (Å²) >= 11 is 0. The molecule has 1 unspecified atom stereocenters. The highest BCUT2D eigenvalue weighted by atomic mass is 16.5. The molecule has 1 saturated heterocycles. The van der Waals surface area contributed by atoms with E-state index in [9.17, 15) is 0 Å². The number of fused-ring (bicyclic) bond motifs is 8. The molecule has 32 aromatic carbocycles. The molecule has 120 heavy (non-hydrogen) atoms. The van der Waals surface area contributed by atoms with Crippen LogP contribution in [0.3, 0.4) is 0 Å². The first kappa shape index (κ1) is 53.2. The lowest BCUT2D eigenvalue weighted by atomic mass is 9.47. The van der Waals surface area contributed by atoms with E-state index in [1.807, 2.05) is 6.20 Å². The van der Waals surface area contributed by atoms with Crippen LogP contribution in [0.2, 0.25) is 0 Å². The van der Waals surface area contributed by atoms with Crippen molar-refractivity contribution in [1.29, 1.82) is 0 Å². The van der Waals surface area contributed by atoms with Crippen LogP contribution >= 0.6 is 0 Å². The van der Waals surface area contributed by atoms with E-state index in [2.05, 4.69) is 197 Å². The second-order valence-corrected chi connectivity index (χ2v) is 38.6. The van der Waals surface area contributed by atoms with Gasteiger partial charge in [-0.05, 0) is 408 Å². The summed E-state index contributed by atoms with van der Waals surface area (Å²) in [5.74, 6) is 0.853. The van der Waals surface area contributed by atoms with Gasteiger partial charge in [0.05, 0.1) is 39.6 Å². The Balaban J connectivity index is 0.568. The fraction of sp³-hybridized carbons (Fsp3) is 0.0531. The number of H-pyrrole nitrogens is 2. The average molecular weight is 1500 g/mol. The van der Waals surface area contributed by atoms with Crippen LogP contribution in [0.15, 0.2) is 164 Å². The smallest absolute Gasteiger partial charge is 0.119 e. The molecule has 7 heterocycles. The van der Waals surface area contributed by atoms with E-state index in [0.717, 1.165) is 108 Å². The van der Waals surface area contributed by atoms with Crippen LogP contribution in [-0.4, -0.2) is 49.5 Å². The standard InChI is InChI=1S/C113H40N6O/c1-4-11-35(12-5-1)49-41-22-24-43(115-41)50(36-13-6-2-7-14-36)45-26-28-47(117-45)52(48-29-27-46(118-48)51(37-15-8-3-9-16-37)44-25-23-42(49)116-44)38-18-20-40(21-19-38)120-32-31-119-34-112-107-99-91-81-71-63-55-53-54-57-61-59(55)67-75-69(61)79-73-65(57)66-58(54)62-60-56(53)64(63)72-78-68(60)76-70(62)80-74(66)84-83(73)95-89(79)97-87(75)93(85(91)77(67)71)101(107)103(97)109-105(95)106-96(84)90(80)98-88(76)94-86(78)92(82(72)81)100(99)108(112)102(94)104(98)110(106)113(109,112)111(119)39-17-10-30-114-33-39/h1-30,33,111,115,118H,31-32,34H2. The average Bonchev–Trinajstić information content (AvgIpc) is 1.38. The van der Waals surface area contributed by atoms with Crippen LogP contribution < -0.4 is 4.74 Å². The quantitative estimate of drug-likeness (QED) is 0.141. The summed E-state index contributed by atoms with van der Waals surface area (Å²) in [7, 11) is 0. The fourth-order valence-electron chi connectivity index (χ4n) is 33.4. The predicted molar refractivity (Wildman–Crippen MR) is 499 cm³/mol. The van der Waals surface area contributed by atoms with E-state index in [-0.39, 0.29) is 6.04 Å². The van der Waals surface area contributed by atoms with Gasteiger partial charge in [-0.1, -0.05) is 109 Å². The summed E-state index contributed by atoms with van der Waals surface area (Å²) in [6.45, 7) is 2.11. The largest absolute Gasteiger partial charge is 0.492 e. The Morgan fingerprint density at radius 3 is 0.825 bits per heavy atom. The summed E-state index contributed by atoms with van der Waals surface area (Å²) in [5.41, 5.74) is 22.9. The van der Waals surface area contributed by atoms with Crippen LogP contribution in [0.4, 0.5) is 0 Å². The summed E-state index contributed by atoms with van der Waals surface area (Å²) in [6, 6.07) is 54.7. The number of pyridine rings is 1. The number of rotatable bonds is 9. The molecule has 7 aliphatic rings. The van der Waals surface area contributed by atoms with E-state index in [1.165, 1.54) is 5.56 Å². The lowest BCUT2D eigenvalue weighted by Gasteiger charge is -2.52. The molecule has 7 heteroatoms. The third-order valence-electron chi connectivity index (χ3n) is 35.5. The van der Waals surface area contributed by atoms with Crippen molar-refractivity contribution in [1.82, 2.24) is 29.8 Å². The Bertz CT molecular complexity index is 10900. The number of ether oxygens (including phenoxy) is 1. The first-order chi connectivity index (χ1) is 59.7. The van der Waals surface area contributed by atoms with Crippen LogP contribution in [0, 0.1) is 0 Å². The van der Waals surface area contributed by atoms with Crippen molar-refractivity contribution >= 4 is 337 Å². The first-order valence-electron chi connectivity index (χ1n) is 43.2. The lowest BCUT2D eigenvalue weighted by molar-refractivity contribution is 0.181. The fourth-order valence-corrected chi connectivity index (χ4v) is 33.4. The van der Waals surface area contributed by atoms with Gasteiger partial charge in [0, 0.05) is 69.8 Å². The Labute approximate surface area is 668 Å². The molecule has 7 nitrogen and oxygen atoms in total. The molecule has 3 aliphatic heterocycles. The second-order valence-electron chi connectivity index (χ2n) is 38.6. The van der Waals surface area contributed by atoms with E-state index in [0.29, 0.717) is 6.61 Å². The SMILES string of the molecule is C1=Cc2nc1c(-c1ccccc1)c1ccc([nH]1)c(-c1ccccc1)c1nc(c(-c3ccc(OCCN4CC56c7c8c9c%10c%11c%12c(c%13c%14c5c5c7c7c%15c8c8c9c9c%11c%11c%16c%12c%12c%13c%13c%14c%14c5c5c7c7c%15c%15c8c8c9c%11c9c%11c%16c%12c%12c%13c%13c%14c5c5c7c7c%15c8c9c8c%11c%12c%13c5c78)C%106C4c4cccnc4)cc3)c3ccc([nH]3)c2-c2ccccc2)C=C1. The maximum absolute atomic E-state index is 7.51. The summed E-state index contributed by atoms with van der Waals surface area (Å²) in [6.07, 6.45) is 13.1. The monoisotopic (exact) mass is 1500 g/mol. The van der Waals surface area contributed by atoms with Crippen LogP contribution in [0.1, 0.15) is 56.6 Å². The van der Waals surface area contributed by atoms with Crippen LogP contribution in [-0.2, 0) is 10.8 Å². The zero-order valence-electron chi connectivity index (χ0n) is 62.8. The van der Waals surface area contributed by atoms with E-state index in [4.69, 9.17) is 19.7 Å². The number of nitrogens with one attached hydrogen (secondary N) is 2. The molecule has 4 aliphatic carbocycles. The van der Waals surface area contributed by atoms with Gasteiger partial charge in [0.2, 0.25) is 0 Å². The number of likely N-dealkylation sites (tertiary alicyclic amines) is 1. The molecule has 0 saturated carbocycles. The van der Waals surface area contributed by atoms with Crippen molar-refractivity contribution < 1.29 is 4.74 Å². The molecular formula is C113H40N6O. The Morgan fingerprint density at radius 1 is 0.283 bits per heavy atom. The Hall–Kier alpha value is -15.2. The van der Waals surface area contributed by atoms with Gasteiger partial charge in [0.15, 0.2) is 0 Å². The van der Waals surface area contributed by atoms with Gasteiger partial charge in [0.25, 0.3) is 0 Å². The van der Waals surface area contributed by atoms with Gasteiger partial charge >= 0.3 is 0 Å². The second kappa shape index (κ2) is 15.0. The topological polar surface area (TPSA) is 82.7 Å². The van der Waals surface area contributed by atoms with Crippen LogP contribution in [0.25, 0.3) is 382 Å². The molecular weight excluding hydrogens is 1460 g/mol. The number of hydrogen-bond acceptors (Lipinski definition) is 5. The number of nitrogens with zero attached hydrogens (tertiary/aromatic N) is 4. The number of hydrogen-bond donors (Lipinski definition) is 2. The van der Waals surface area contributed by atoms with Crippen molar-refractivity contribution in [2.45, 2.75) is 16.9 Å². The highest BCUT2D eigenvalue weighted by Gasteiger charge is 2.76. The number of aromatic amines is 2. The number of benzene rings is 22. The third kappa shape index (κ3) is 4.12. The normalized spacial score (nSPS) is 19.1. The lowest BCUT2D eigenvalue weighted by Crippen LogP contribution is -2.52. The molecule has 1 fully saturated rings. The highest BCUT2D eigenvalue weighted by Crippen LogP contribution is 2.87. The van der Waals surface area contributed by atoms with Crippen molar-refractivity contribution in [3.8, 4) is 50.3 Å². The summed E-state index contributed by atoms with van der Waals surface area (Å²) in [4.78, 5) is 27.6. The van der Waals surface area contributed by atoms with Crippen LogP contribution in [0.5, 0.6) is 5.75 Å². The first-order valence-corrected chi connectivity index (χ1v) is 43.2. The zero-order chi connectivity index (χ0) is 74.3. The summed E-state index contributed by atoms with van der Waals surface area (Å²) in [5, 5.41) is 87.7. The molecule has 8 bridgehead atoms. The van der Waals surface area contributed by atoms with E-state index in [1.54, 1.807) is 313 Å². The molecule has 36 aromatic rings. The maximum Gasteiger partial charge on any atom is 0.119 e. The van der Waals surface area contributed by atoms with Crippen molar-refractivity contribution in [3.05, 3.63) is 215 Å². The number of aromatic nitrogens is 5. The zero-order valence-corrected chi connectivity index (χ0v) is 62.8. The Morgan fingerprint density at radius 2 is 0.550 bits per heavy atom. The predicted octanol–water partition coefficient (Wildman–Crippen LogP) is 28.5. The minimum Gasteiger partial charge on any atom is -0.492 e. The van der Waals surface area contributed by atoms with Crippen molar-refractivity contribution in [3.63, 3.8) is 0 Å². The van der Waals surface area contributed by atoms with E-state index >= 15 is 0 Å². The molecule has 2 spiro atoms. The van der Waals surface area contributed by atoms with Gasteiger partial charge in [0.1, 0.15) is 12.4 Å². The van der Waals surface area contributed by atoms with Gasteiger partial charge in [-0.2, -0.15) is 0 Å². The molecule has 528 valence electrons. The molecule has 0 radical (unpaired) electrons. The molecule has 0 amide bonds. The maximum atomic E-state index is 7.51. The Kier molecular flexibility index (Phi) is 6.63. The highest BCUT2D eigenvalue weighted by molar-refractivity contribution is 6.82. The molecule has 4 aromatic heterocycles. The van der Waals surface area contributed by atoms with Gasteiger partial charge in [-0.3, -0.25) is 9.88 Å². The molecule has 2 N–H and O–H groups in total.